The number of hydrogen-bond acceptors (Lipinski definition) is 2. The third-order valence-corrected chi connectivity index (χ3v) is 2.23. The molecule has 1 aliphatic heterocycles. The zero-order valence-corrected chi connectivity index (χ0v) is 6.92. The molecule has 0 saturated carbocycles. The van der Waals surface area contributed by atoms with E-state index < -0.39 is 5.97 Å². The summed E-state index contributed by atoms with van der Waals surface area (Å²) in [5, 5.41) is 8.52. The Morgan fingerprint density at radius 3 is 2.55 bits per heavy atom. The van der Waals surface area contributed by atoms with Crippen molar-refractivity contribution in [1.82, 2.24) is 4.90 Å². The van der Waals surface area contributed by atoms with Gasteiger partial charge in [-0.1, -0.05) is 0 Å². The molecule has 64 valence electrons. The lowest BCUT2D eigenvalue weighted by atomic mass is 10.2. The molecule has 3 heteroatoms. The summed E-state index contributed by atoms with van der Waals surface area (Å²) in [6, 6.07) is 0.218. The Hall–Kier alpha value is -0.570. The average molecular weight is 157 g/mol. The highest BCUT2D eigenvalue weighted by molar-refractivity contribution is 5.67. The van der Waals surface area contributed by atoms with Gasteiger partial charge in [-0.05, 0) is 32.9 Å². The first-order chi connectivity index (χ1) is 5.20. The van der Waals surface area contributed by atoms with Gasteiger partial charge in [0.15, 0.2) is 0 Å². The Morgan fingerprint density at radius 1 is 1.55 bits per heavy atom. The van der Waals surface area contributed by atoms with E-state index in [1.54, 1.807) is 0 Å². The lowest BCUT2D eigenvalue weighted by Gasteiger charge is -2.21. The maximum atomic E-state index is 10.3. The molecule has 0 aromatic carbocycles. The van der Waals surface area contributed by atoms with E-state index in [-0.39, 0.29) is 12.5 Å². The van der Waals surface area contributed by atoms with Gasteiger partial charge >= 0.3 is 5.97 Å². The molecule has 1 fully saturated rings. The maximum absolute atomic E-state index is 10.3. The van der Waals surface area contributed by atoms with Crippen LogP contribution < -0.4 is 0 Å². The van der Waals surface area contributed by atoms with Gasteiger partial charge in [0, 0.05) is 6.04 Å². The van der Waals surface area contributed by atoms with Gasteiger partial charge in [0.25, 0.3) is 0 Å². The Kier molecular flexibility index (Phi) is 2.88. The number of carbonyl (C=O) groups is 1. The topological polar surface area (TPSA) is 40.5 Å². The molecule has 1 saturated heterocycles. The molecule has 0 aromatic heterocycles. The van der Waals surface area contributed by atoms with Gasteiger partial charge < -0.3 is 10.0 Å². The molecule has 0 radical (unpaired) electrons. The van der Waals surface area contributed by atoms with Crippen LogP contribution in [0.2, 0.25) is 0 Å². The highest BCUT2D eigenvalue weighted by Crippen LogP contribution is 2.13. The van der Waals surface area contributed by atoms with Crippen molar-refractivity contribution in [1.29, 1.82) is 0 Å². The van der Waals surface area contributed by atoms with Crippen molar-refractivity contribution in [3.8, 4) is 0 Å². The van der Waals surface area contributed by atoms with Crippen molar-refractivity contribution in [3.05, 3.63) is 0 Å². The van der Waals surface area contributed by atoms with Gasteiger partial charge in [-0.15, -0.1) is 0 Å². The zero-order valence-electron chi connectivity index (χ0n) is 6.92. The van der Waals surface area contributed by atoms with E-state index in [2.05, 4.69) is 4.90 Å². The van der Waals surface area contributed by atoms with Crippen molar-refractivity contribution >= 4 is 5.97 Å². The summed E-state index contributed by atoms with van der Waals surface area (Å²) in [7, 11) is 0. The highest BCUT2D eigenvalue weighted by atomic mass is 16.4. The lowest BCUT2D eigenvalue weighted by molar-refractivity contribution is -0.138. The summed E-state index contributed by atoms with van der Waals surface area (Å²) >= 11 is 0. The van der Waals surface area contributed by atoms with Crippen LogP contribution in [0.4, 0.5) is 0 Å². The Bertz CT molecular complexity index is 141. The predicted molar refractivity (Wildman–Crippen MR) is 42.5 cm³/mol. The van der Waals surface area contributed by atoms with Gasteiger partial charge in [-0.2, -0.15) is 0 Å². The largest absolute Gasteiger partial charge is 0.481 e. The second-order valence-electron chi connectivity index (χ2n) is 3.19. The van der Waals surface area contributed by atoms with Crippen LogP contribution in [0.1, 0.15) is 26.2 Å². The van der Waals surface area contributed by atoms with E-state index in [9.17, 15) is 4.79 Å². The smallest absolute Gasteiger partial charge is 0.304 e. The molecule has 0 unspecified atom stereocenters. The summed E-state index contributed by atoms with van der Waals surface area (Å²) in [5.74, 6) is -0.690. The number of aliphatic carboxylic acids is 1. The standard InChI is InChI=1S/C8H15NO2/c1-7(6-8(10)11)9-4-2-3-5-9/h7H,2-6H2,1H3,(H,10,11)/t7-/m0/s1. The van der Waals surface area contributed by atoms with Crippen molar-refractivity contribution < 1.29 is 9.90 Å². The molecular weight excluding hydrogens is 142 g/mol. The summed E-state index contributed by atoms with van der Waals surface area (Å²) in [6.07, 6.45) is 2.73. The van der Waals surface area contributed by atoms with Crippen LogP contribution in [0.3, 0.4) is 0 Å². The fraction of sp³-hybridized carbons (Fsp3) is 0.875. The van der Waals surface area contributed by atoms with Crippen LogP contribution in [0.5, 0.6) is 0 Å². The van der Waals surface area contributed by atoms with Crippen molar-refractivity contribution in [2.75, 3.05) is 13.1 Å². The second kappa shape index (κ2) is 3.72. The average Bonchev–Trinajstić information content (AvgIpc) is 2.35. The molecule has 0 aliphatic carbocycles. The minimum absolute atomic E-state index is 0.218. The molecule has 3 nitrogen and oxygen atoms in total. The minimum atomic E-state index is -0.690. The maximum Gasteiger partial charge on any atom is 0.304 e. The van der Waals surface area contributed by atoms with E-state index in [1.165, 1.54) is 12.8 Å². The fourth-order valence-electron chi connectivity index (χ4n) is 1.56. The van der Waals surface area contributed by atoms with Crippen LogP contribution in [0, 0.1) is 0 Å². The van der Waals surface area contributed by atoms with Crippen LogP contribution in [0.15, 0.2) is 0 Å². The molecule has 1 N–H and O–H groups in total. The highest BCUT2D eigenvalue weighted by Gasteiger charge is 2.19. The number of hydrogen-bond donors (Lipinski definition) is 1. The van der Waals surface area contributed by atoms with Gasteiger partial charge in [-0.3, -0.25) is 4.79 Å². The molecule has 1 atom stereocenters. The third kappa shape index (κ3) is 2.50. The fourth-order valence-corrected chi connectivity index (χ4v) is 1.56. The summed E-state index contributed by atoms with van der Waals surface area (Å²) in [6.45, 7) is 4.14. The SMILES string of the molecule is C[C@@H](CC(=O)O)N1CCCC1. The van der Waals surface area contributed by atoms with Crippen LogP contribution in [-0.4, -0.2) is 35.1 Å². The van der Waals surface area contributed by atoms with E-state index >= 15 is 0 Å². The Balaban J connectivity index is 2.28. The Labute approximate surface area is 67.0 Å². The third-order valence-electron chi connectivity index (χ3n) is 2.23. The van der Waals surface area contributed by atoms with E-state index in [1.807, 2.05) is 6.92 Å². The van der Waals surface area contributed by atoms with Crippen molar-refractivity contribution in [3.63, 3.8) is 0 Å². The molecule has 1 aliphatic rings. The Morgan fingerprint density at radius 2 is 2.09 bits per heavy atom. The molecule has 0 amide bonds. The molecule has 0 spiro atoms. The first-order valence-electron chi connectivity index (χ1n) is 4.16. The van der Waals surface area contributed by atoms with E-state index in [0.29, 0.717) is 0 Å². The number of rotatable bonds is 3. The lowest BCUT2D eigenvalue weighted by Crippen LogP contribution is -2.31. The zero-order chi connectivity index (χ0) is 8.27. The summed E-state index contributed by atoms with van der Waals surface area (Å²) < 4.78 is 0. The monoisotopic (exact) mass is 157 g/mol. The van der Waals surface area contributed by atoms with Gasteiger partial charge in [0.05, 0.1) is 6.42 Å². The number of likely N-dealkylation sites (tertiary alicyclic amines) is 1. The normalized spacial score (nSPS) is 21.9. The van der Waals surface area contributed by atoms with Gasteiger partial charge in [0.1, 0.15) is 0 Å². The van der Waals surface area contributed by atoms with Crippen molar-refractivity contribution in [2.24, 2.45) is 0 Å². The van der Waals surface area contributed by atoms with Gasteiger partial charge in [-0.25, -0.2) is 0 Å². The summed E-state index contributed by atoms with van der Waals surface area (Å²) in [4.78, 5) is 12.6. The van der Waals surface area contributed by atoms with Crippen LogP contribution in [0.25, 0.3) is 0 Å². The molecule has 0 bridgehead atoms. The molecule has 0 aromatic rings. The quantitative estimate of drug-likeness (QED) is 0.663. The summed E-state index contributed by atoms with van der Waals surface area (Å²) in [5.41, 5.74) is 0. The molecule has 1 rings (SSSR count). The second-order valence-corrected chi connectivity index (χ2v) is 3.19. The van der Waals surface area contributed by atoms with Gasteiger partial charge in [0.2, 0.25) is 0 Å². The number of carboxylic acids is 1. The van der Waals surface area contributed by atoms with Crippen LogP contribution >= 0.6 is 0 Å². The van der Waals surface area contributed by atoms with E-state index in [4.69, 9.17) is 5.11 Å². The predicted octanol–water partition coefficient (Wildman–Crippen LogP) is 0.945. The molecular formula is C8H15NO2. The number of carboxylic acid groups (broad SMARTS) is 1. The van der Waals surface area contributed by atoms with Crippen LogP contribution in [-0.2, 0) is 4.79 Å². The first-order valence-corrected chi connectivity index (χ1v) is 4.16. The molecule has 1 heterocycles. The van der Waals surface area contributed by atoms with Crippen molar-refractivity contribution in [2.45, 2.75) is 32.2 Å². The van der Waals surface area contributed by atoms with E-state index in [0.717, 1.165) is 13.1 Å². The minimum Gasteiger partial charge on any atom is -0.481 e. The number of nitrogens with zero attached hydrogens (tertiary/aromatic N) is 1. The first kappa shape index (κ1) is 8.53. The molecule has 11 heavy (non-hydrogen) atoms.